The van der Waals surface area contributed by atoms with Gasteiger partial charge in [0.05, 0.1) is 11.4 Å². The fourth-order valence-corrected chi connectivity index (χ4v) is 2.75. The molecule has 0 aliphatic heterocycles. The predicted octanol–water partition coefficient (Wildman–Crippen LogP) is 1.99. The second-order valence-corrected chi connectivity index (χ2v) is 5.52. The first-order valence-corrected chi connectivity index (χ1v) is 7.31. The molecule has 0 spiro atoms. The topological polar surface area (TPSA) is 72.4 Å². The van der Waals surface area contributed by atoms with Crippen molar-refractivity contribution in [1.29, 1.82) is 0 Å². The van der Waals surface area contributed by atoms with Gasteiger partial charge in [-0.25, -0.2) is 0 Å². The molecule has 5 heteroatoms. The highest BCUT2D eigenvalue weighted by molar-refractivity contribution is 7.89. The minimum Gasteiger partial charge on any atom is -0.593 e. The van der Waals surface area contributed by atoms with Gasteiger partial charge in [-0.05, 0) is 17.7 Å². The third kappa shape index (κ3) is 4.09. The van der Waals surface area contributed by atoms with Crippen LogP contribution in [0.15, 0.2) is 65.6 Å². The molecular weight excluding hydrogens is 274 g/mol. The van der Waals surface area contributed by atoms with E-state index >= 15 is 0 Å². The summed E-state index contributed by atoms with van der Waals surface area (Å²) in [5, 5.41) is 9.23. The molecule has 0 fully saturated rings. The normalized spacial score (nSPS) is 13.7. The summed E-state index contributed by atoms with van der Waals surface area (Å²) in [4.78, 5) is 11.8. The van der Waals surface area contributed by atoms with E-state index in [9.17, 15) is 14.5 Å². The molecule has 2 aromatic carbocycles. The van der Waals surface area contributed by atoms with Gasteiger partial charge in [-0.1, -0.05) is 48.5 Å². The maximum absolute atomic E-state index is 12.1. The third-order valence-corrected chi connectivity index (χ3v) is 3.99. The largest absolute Gasteiger partial charge is 0.593 e. The number of hydrogen-bond acceptors (Lipinski definition) is 3. The van der Waals surface area contributed by atoms with Gasteiger partial charge in [-0.3, -0.25) is 4.79 Å². The lowest BCUT2D eigenvalue weighted by molar-refractivity contribution is -0.138. The number of nitrogens with one attached hydrogen (secondary N) is 1. The predicted molar refractivity (Wildman–Crippen MR) is 77.6 cm³/mol. The van der Waals surface area contributed by atoms with Crippen molar-refractivity contribution in [1.82, 2.24) is 4.72 Å². The van der Waals surface area contributed by atoms with Crippen molar-refractivity contribution in [2.75, 3.05) is 0 Å². The zero-order valence-corrected chi connectivity index (χ0v) is 11.5. The smallest absolute Gasteiger partial charge is 0.325 e. The van der Waals surface area contributed by atoms with E-state index in [-0.39, 0.29) is 6.42 Å². The summed E-state index contributed by atoms with van der Waals surface area (Å²) >= 11 is -1.54. The van der Waals surface area contributed by atoms with Gasteiger partial charge in [0.25, 0.3) is 0 Å². The highest BCUT2D eigenvalue weighted by atomic mass is 32.2. The van der Waals surface area contributed by atoms with Crippen LogP contribution in [-0.4, -0.2) is 21.7 Å². The Labute approximate surface area is 120 Å². The molecule has 2 rings (SSSR count). The summed E-state index contributed by atoms with van der Waals surface area (Å²) in [7, 11) is 0. The van der Waals surface area contributed by atoms with Crippen molar-refractivity contribution in [3.05, 3.63) is 66.2 Å². The van der Waals surface area contributed by atoms with E-state index in [1.54, 1.807) is 24.3 Å². The lowest BCUT2D eigenvalue weighted by atomic mass is 10.1. The molecule has 2 aromatic rings. The minimum atomic E-state index is -1.54. The minimum absolute atomic E-state index is 0.286. The fraction of sp³-hybridized carbons (Fsp3) is 0.133. The van der Waals surface area contributed by atoms with Crippen LogP contribution in [-0.2, 0) is 22.6 Å². The molecule has 0 saturated heterocycles. The first kappa shape index (κ1) is 14.6. The van der Waals surface area contributed by atoms with Gasteiger partial charge >= 0.3 is 5.97 Å². The fourth-order valence-electron chi connectivity index (χ4n) is 1.77. The quantitative estimate of drug-likeness (QED) is 0.798. The Morgan fingerprint density at radius 3 is 2.20 bits per heavy atom. The molecule has 0 radical (unpaired) electrons. The summed E-state index contributed by atoms with van der Waals surface area (Å²) in [5.74, 6) is -1.02. The van der Waals surface area contributed by atoms with Gasteiger partial charge in [0, 0.05) is 6.42 Å². The van der Waals surface area contributed by atoms with Crippen molar-refractivity contribution in [2.45, 2.75) is 17.4 Å². The van der Waals surface area contributed by atoms with E-state index in [2.05, 4.69) is 4.72 Å². The van der Waals surface area contributed by atoms with Gasteiger partial charge < -0.3 is 9.66 Å². The number of benzene rings is 2. The second kappa shape index (κ2) is 7.09. The van der Waals surface area contributed by atoms with E-state index in [0.717, 1.165) is 5.56 Å². The van der Waals surface area contributed by atoms with Gasteiger partial charge in [-0.15, -0.1) is 4.72 Å². The van der Waals surface area contributed by atoms with Crippen LogP contribution in [0.2, 0.25) is 0 Å². The van der Waals surface area contributed by atoms with Crippen LogP contribution >= 0.6 is 0 Å². The summed E-state index contributed by atoms with van der Waals surface area (Å²) in [6.07, 6.45) is 0.286. The van der Waals surface area contributed by atoms with Crippen LogP contribution in [0.25, 0.3) is 0 Å². The van der Waals surface area contributed by atoms with E-state index in [1.807, 2.05) is 36.4 Å². The molecule has 2 N–H and O–H groups in total. The van der Waals surface area contributed by atoms with Crippen molar-refractivity contribution in [3.63, 3.8) is 0 Å². The summed E-state index contributed by atoms with van der Waals surface area (Å²) in [6.45, 7) is 0. The Balaban J connectivity index is 2.05. The molecule has 1 unspecified atom stereocenters. The number of hydrogen-bond donors (Lipinski definition) is 2. The number of rotatable bonds is 6. The lowest BCUT2D eigenvalue weighted by Gasteiger charge is -2.16. The van der Waals surface area contributed by atoms with E-state index in [1.165, 1.54) is 0 Å². The molecule has 0 aliphatic rings. The molecule has 20 heavy (non-hydrogen) atoms. The number of aliphatic carboxylic acids is 1. The van der Waals surface area contributed by atoms with Gasteiger partial charge in [0.1, 0.15) is 0 Å². The summed E-state index contributed by atoms with van der Waals surface area (Å²) in [5.41, 5.74) is 0.887. The zero-order chi connectivity index (χ0) is 14.4. The first-order chi connectivity index (χ1) is 9.66. The molecule has 0 aliphatic carbocycles. The first-order valence-electron chi connectivity index (χ1n) is 6.16. The SMILES string of the molecule is O=C(O)[C@H](Cc1ccccc1)N[S+]([O-])c1ccccc1. The maximum atomic E-state index is 12.1. The van der Waals surface area contributed by atoms with E-state index < -0.39 is 23.4 Å². The Kier molecular flexibility index (Phi) is 5.17. The van der Waals surface area contributed by atoms with Crippen molar-refractivity contribution in [3.8, 4) is 0 Å². The molecule has 4 nitrogen and oxygen atoms in total. The Morgan fingerprint density at radius 1 is 1.10 bits per heavy atom. The molecular formula is C15H15NO3S. The van der Waals surface area contributed by atoms with Crippen LogP contribution in [0, 0.1) is 0 Å². The van der Waals surface area contributed by atoms with Crippen LogP contribution in [0.3, 0.4) is 0 Å². The van der Waals surface area contributed by atoms with Crippen molar-refractivity contribution in [2.24, 2.45) is 0 Å². The number of carboxylic acid groups (broad SMARTS) is 1. The zero-order valence-electron chi connectivity index (χ0n) is 10.7. The number of carboxylic acids is 1. The Morgan fingerprint density at radius 2 is 1.65 bits per heavy atom. The van der Waals surface area contributed by atoms with Gasteiger partial charge in [0.15, 0.2) is 10.9 Å². The highest BCUT2D eigenvalue weighted by Crippen LogP contribution is 2.10. The van der Waals surface area contributed by atoms with Crippen LogP contribution < -0.4 is 4.72 Å². The van der Waals surface area contributed by atoms with Gasteiger partial charge in [-0.2, -0.15) is 0 Å². The van der Waals surface area contributed by atoms with Crippen LogP contribution in [0.4, 0.5) is 0 Å². The average molecular weight is 289 g/mol. The molecule has 0 heterocycles. The third-order valence-electron chi connectivity index (χ3n) is 2.79. The Bertz CT molecular complexity index is 548. The molecule has 2 atom stereocenters. The maximum Gasteiger partial charge on any atom is 0.325 e. The molecule has 0 saturated carbocycles. The van der Waals surface area contributed by atoms with Crippen molar-refractivity contribution < 1.29 is 14.5 Å². The monoisotopic (exact) mass is 289 g/mol. The average Bonchev–Trinajstić information content (AvgIpc) is 2.48. The Hall–Kier alpha value is -1.82. The van der Waals surface area contributed by atoms with E-state index in [4.69, 9.17) is 0 Å². The number of carbonyl (C=O) groups is 1. The molecule has 0 bridgehead atoms. The van der Waals surface area contributed by atoms with Crippen LogP contribution in [0.1, 0.15) is 5.56 Å². The van der Waals surface area contributed by atoms with Crippen LogP contribution in [0.5, 0.6) is 0 Å². The van der Waals surface area contributed by atoms with E-state index in [0.29, 0.717) is 4.90 Å². The second-order valence-electron chi connectivity index (χ2n) is 4.28. The van der Waals surface area contributed by atoms with Crippen molar-refractivity contribution >= 4 is 17.3 Å². The lowest BCUT2D eigenvalue weighted by Crippen LogP contribution is -2.42. The summed E-state index contributed by atoms with van der Waals surface area (Å²) in [6, 6.07) is 17.1. The molecule has 0 amide bonds. The molecule has 104 valence electrons. The molecule has 0 aromatic heterocycles. The highest BCUT2D eigenvalue weighted by Gasteiger charge is 2.24. The standard InChI is InChI=1S/C15H15NO3S/c17-15(18)14(11-12-7-3-1-4-8-12)16-20(19)13-9-5-2-6-10-13/h1-10,14,16H,11H2,(H,17,18)/t14-,20?/m0/s1. The van der Waals surface area contributed by atoms with Gasteiger partial charge in [0.2, 0.25) is 0 Å². The summed E-state index contributed by atoms with van der Waals surface area (Å²) < 4.78 is 14.7.